The molecule has 4 unspecified atom stereocenters. The molecule has 5 aliphatic heterocycles. The van der Waals surface area contributed by atoms with E-state index in [-0.39, 0.29) is 22.6 Å². The lowest BCUT2D eigenvalue weighted by Crippen LogP contribution is -2.41. The molecule has 12 bridgehead atoms. The Morgan fingerprint density at radius 1 is 0.387 bits per heavy atom. The Bertz CT molecular complexity index is 3230. The lowest BCUT2D eigenvalue weighted by molar-refractivity contribution is 0.696. The summed E-state index contributed by atoms with van der Waals surface area (Å²) in [7, 11) is 0. The SMILES string of the molecule is C1=CC2NC(C=C1)/C(c1ccccc1)=c1/cc/c(s1)=c1\cc/c(s1)=C(\c1ccccc1)C1=N/C(=C(/c3ccccc3)C3C=CC=CC(S3)/C(c3ccccc3)=C3\C=CC2=N3)C=C1. The van der Waals surface area contributed by atoms with Crippen molar-refractivity contribution < 1.29 is 0 Å². The standard InChI is InChI=1S/C56H41N3S3/c1-5-17-37(18-6-1)53-43-26-14-13-25-41(57-43)42-29-30-44(58-42)54(38-19-7-2-8-20-38)49-27-15-16-28-50(62-49)55(39-21-9-3-10-22-39)45-31-32-46(59-45)56(40-23-11-4-12-24-40)52-36-34-48(61-52)47-33-35-51(53)60-47/h1-36,41,43,49-50,57H/b48-47-,53-51-,54-44+,55-45-,56-52-. The molecule has 5 aliphatic rings. The second-order valence-electron chi connectivity index (χ2n) is 15.5. The molecule has 0 fully saturated rings. The van der Waals surface area contributed by atoms with Crippen molar-refractivity contribution in [2.45, 2.75) is 22.6 Å². The van der Waals surface area contributed by atoms with Crippen molar-refractivity contribution in [2.24, 2.45) is 9.98 Å². The number of aliphatic imine (C=N–C) groups is 2. The van der Waals surface area contributed by atoms with Crippen molar-refractivity contribution in [2.75, 3.05) is 0 Å². The largest absolute Gasteiger partial charge is 0.295 e. The van der Waals surface area contributed by atoms with Gasteiger partial charge in [0.25, 0.3) is 0 Å². The minimum Gasteiger partial charge on any atom is -0.295 e. The fraction of sp³-hybridized carbons (Fsp3) is 0.0714. The number of rotatable bonds is 4. The molecule has 3 nitrogen and oxygen atoms in total. The van der Waals surface area contributed by atoms with Gasteiger partial charge in [-0.2, -0.15) is 0 Å². The van der Waals surface area contributed by atoms with Crippen LogP contribution in [-0.2, 0) is 0 Å². The topological polar surface area (TPSA) is 36.8 Å². The van der Waals surface area contributed by atoms with E-state index in [2.05, 4.69) is 224 Å². The number of hydrogen-bond donors (Lipinski definition) is 1. The molecule has 298 valence electrons. The van der Waals surface area contributed by atoms with Crippen molar-refractivity contribution in [3.8, 4) is 0 Å². The summed E-state index contributed by atoms with van der Waals surface area (Å²) in [6, 6.07) is 52.2. The molecule has 0 radical (unpaired) electrons. The molecule has 6 heteroatoms. The minimum atomic E-state index is -0.106. The third kappa shape index (κ3) is 7.61. The van der Waals surface area contributed by atoms with Crippen molar-refractivity contribution in [1.82, 2.24) is 5.32 Å². The molecular weight excluding hydrogens is 811 g/mol. The maximum absolute atomic E-state index is 5.56. The molecule has 4 aromatic carbocycles. The highest BCUT2D eigenvalue weighted by molar-refractivity contribution is 8.01. The zero-order valence-electron chi connectivity index (χ0n) is 33.7. The summed E-state index contributed by atoms with van der Waals surface area (Å²) < 4.78 is 4.92. The number of thioether (sulfide) groups is 1. The van der Waals surface area contributed by atoms with Crippen LogP contribution in [0.25, 0.3) is 22.3 Å². The molecule has 6 aromatic rings. The van der Waals surface area contributed by atoms with E-state index in [1.165, 1.54) is 51.5 Å². The first-order valence-corrected chi connectivity index (χ1v) is 23.6. The Balaban J connectivity index is 1.19. The van der Waals surface area contributed by atoms with Crippen molar-refractivity contribution in [1.29, 1.82) is 0 Å². The van der Waals surface area contributed by atoms with Crippen molar-refractivity contribution in [3.05, 3.63) is 270 Å². The Hall–Kier alpha value is -6.41. The molecule has 0 aliphatic carbocycles. The summed E-state index contributed by atoms with van der Waals surface area (Å²) >= 11 is 5.63. The van der Waals surface area contributed by atoms with Crippen LogP contribution in [-0.4, -0.2) is 34.0 Å². The third-order valence-electron chi connectivity index (χ3n) is 11.6. The Kier molecular flexibility index (Phi) is 10.7. The van der Waals surface area contributed by atoms with E-state index >= 15 is 0 Å². The second kappa shape index (κ2) is 17.2. The summed E-state index contributed by atoms with van der Waals surface area (Å²) in [6.07, 6.45) is 26.8. The summed E-state index contributed by atoms with van der Waals surface area (Å²) in [5, 5.41) is 4.04. The third-order valence-corrected chi connectivity index (χ3v) is 15.4. The van der Waals surface area contributed by atoms with Gasteiger partial charge < -0.3 is 0 Å². The summed E-state index contributed by atoms with van der Waals surface area (Å²) in [4.78, 5) is 11.1. The lowest BCUT2D eigenvalue weighted by Gasteiger charge is -2.25. The number of hydrogen-bond acceptors (Lipinski definition) is 6. The van der Waals surface area contributed by atoms with Crippen LogP contribution in [0.1, 0.15) is 22.3 Å². The molecule has 2 aromatic heterocycles. The molecule has 0 saturated carbocycles. The van der Waals surface area contributed by atoms with Crippen LogP contribution in [0.3, 0.4) is 0 Å². The van der Waals surface area contributed by atoms with E-state index in [1.807, 2.05) is 34.4 Å². The van der Waals surface area contributed by atoms with E-state index in [0.717, 1.165) is 34.0 Å². The van der Waals surface area contributed by atoms with Crippen molar-refractivity contribution in [3.63, 3.8) is 0 Å². The van der Waals surface area contributed by atoms with Crippen LogP contribution < -0.4 is 14.4 Å². The molecule has 0 amide bonds. The average molecular weight is 852 g/mol. The van der Waals surface area contributed by atoms with Gasteiger partial charge in [0.05, 0.1) is 45.4 Å². The fourth-order valence-corrected chi connectivity index (χ4v) is 12.5. The molecule has 7 heterocycles. The van der Waals surface area contributed by atoms with Crippen molar-refractivity contribution >= 4 is 68.2 Å². The Labute approximate surface area is 374 Å². The van der Waals surface area contributed by atoms with Crippen LogP contribution in [0.5, 0.6) is 0 Å². The molecule has 1 N–H and O–H groups in total. The first kappa shape index (κ1) is 38.5. The van der Waals surface area contributed by atoms with Gasteiger partial charge in [0.2, 0.25) is 0 Å². The maximum atomic E-state index is 5.56. The number of benzene rings is 4. The monoisotopic (exact) mass is 851 g/mol. The molecule has 0 saturated heterocycles. The predicted octanol–water partition coefficient (Wildman–Crippen LogP) is 11.4. The number of nitrogens with zero attached hydrogens (tertiary/aromatic N) is 2. The first-order chi connectivity index (χ1) is 30.7. The molecule has 62 heavy (non-hydrogen) atoms. The molecule has 4 atom stereocenters. The van der Waals surface area contributed by atoms with Gasteiger partial charge in [-0.15, -0.1) is 34.4 Å². The predicted molar refractivity (Wildman–Crippen MR) is 266 cm³/mol. The normalized spacial score (nSPS) is 26.3. The van der Waals surface area contributed by atoms with Crippen LogP contribution in [0.15, 0.2) is 240 Å². The van der Waals surface area contributed by atoms with Crippen LogP contribution in [0.4, 0.5) is 0 Å². The maximum Gasteiger partial charge on any atom is 0.0730 e. The summed E-state index contributed by atoms with van der Waals surface area (Å²) in [5.74, 6) is 0. The number of nitrogens with one attached hydrogen (secondary N) is 1. The van der Waals surface area contributed by atoms with E-state index in [9.17, 15) is 0 Å². The second-order valence-corrected chi connectivity index (χ2v) is 19.0. The molecule has 11 rings (SSSR count). The van der Waals surface area contributed by atoms with Gasteiger partial charge in [-0.25, -0.2) is 4.99 Å². The summed E-state index contributed by atoms with van der Waals surface area (Å²) in [5.41, 5.74) is 13.4. The zero-order valence-corrected chi connectivity index (χ0v) is 36.2. The van der Waals surface area contributed by atoms with Gasteiger partial charge in [0.1, 0.15) is 0 Å². The van der Waals surface area contributed by atoms with E-state index in [4.69, 9.17) is 9.98 Å². The van der Waals surface area contributed by atoms with Gasteiger partial charge in [-0.1, -0.05) is 170 Å². The van der Waals surface area contributed by atoms with Gasteiger partial charge >= 0.3 is 0 Å². The Morgan fingerprint density at radius 3 is 1.47 bits per heavy atom. The number of fused-ring (bicyclic) bond motifs is 11. The quantitative estimate of drug-likeness (QED) is 0.192. The van der Waals surface area contributed by atoms with Crippen LogP contribution in [0.2, 0.25) is 0 Å². The van der Waals surface area contributed by atoms with E-state index in [1.54, 1.807) is 0 Å². The zero-order chi connectivity index (χ0) is 41.2. The van der Waals surface area contributed by atoms with Gasteiger partial charge in [-0.05, 0) is 76.4 Å². The number of thiophene rings is 2. The lowest BCUT2D eigenvalue weighted by atomic mass is 9.97. The van der Waals surface area contributed by atoms with Crippen LogP contribution in [0, 0.1) is 9.06 Å². The molecule has 0 spiro atoms. The van der Waals surface area contributed by atoms with Gasteiger partial charge in [0.15, 0.2) is 0 Å². The Morgan fingerprint density at radius 2 is 0.855 bits per heavy atom. The first-order valence-electron chi connectivity index (χ1n) is 21.0. The summed E-state index contributed by atoms with van der Waals surface area (Å²) in [6.45, 7) is 0. The van der Waals surface area contributed by atoms with Gasteiger partial charge in [-0.3, -0.25) is 10.3 Å². The number of allylic oxidation sites excluding steroid dienone is 7. The van der Waals surface area contributed by atoms with E-state index in [0.29, 0.717) is 0 Å². The highest BCUT2D eigenvalue weighted by Crippen LogP contribution is 2.43. The average Bonchev–Trinajstić information content (AvgIpc) is 4.13. The fourth-order valence-electron chi connectivity index (χ4n) is 8.76. The van der Waals surface area contributed by atoms with Gasteiger partial charge in [0, 0.05) is 34.8 Å². The van der Waals surface area contributed by atoms with Crippen LogP contribution >= 0.6 is 34.4 Å². The smallest absolute Gasteiger partial charge is 0.0730 e. The highest BCUT2D eigenvalue weighted by atomic mass is 32.2. The highest BCUT2D eigenvalue weighted by Gasteiger charge is 2.30. The minimum absolute atomic E-state index is 0.000210. The van der Waals surface area contributed by atoms with E-state index < -0.39 is 0 Å². The molecular formula is C56H41N3S3.